The number of hydrogen-bond donors (Lipinski definition) is 0. The summed E-state index contributed by atoms with van der Waals surface area (Å²) in [7, 11) is 0. The fourth-order valence-electron chi connectivity index (χ4n) is 2.78. The molecule has 0 aromatic heterocycles. The minimum absolute atomic E-state index is 0.311. The Bertz CT molecular complexity index is 393. The number of rotatable bonds is 4. The van der Waals surface area contributed by atoms with Gasteiger partial charge in [-0.1, -0.05) is 50.3 Å². The highest BCUT2D eigenvalue weighted by Crippen LogP contribution is 2.28. The van der Waals surface area contributed by atoms with Crippen LogP contribution in [0.3, 0.4) is 0 Å². The van der Waals surface area contributed by atoms with Gasteiger partial charge in [-0.3, -0.25) is 0 Å². The molecule has 1 heterocycles. The summed E-state index contributed by atoms with van der Waals surface area (Å²) < 4.78 is 6.21. The predicted octanol–water partition coefficient (Wildman–Crippen LogP) is 4.38. The lowest BCUT2D eigenvalue weighted by Gasteiger charge is -2.33. The van der Waals surface area contributed by atoms with E-state index in [1.165, 1.54) is 11.1 Å². The zero-order valence-corrected chi connectivity index (χ0v) is 11.7. The van der Waals surface area contributed by atoms with Crippen LogP contribution < -0.4 is 0 Å². The van der Waals surface area contributed by atoms with Crippen molar-refractivity contribution in [3.05, 3.63) is 47.5 Å². The van der Waals surface area contributed by atoms with E-state index >= 15 is 0 Å². The Kier molecular flexibility index (Phi) is 4.60. The van der Waals surface area contributed by atoms with E-state index in [1.54, 1.807) is 0 Å². The Morgan fingerprint density at radius 3 is 2.56 bits per heavy atom. The van der Waals surface area contributed by atoms with Crippen LogP contribution in [0.15, 0.2) is 42.0 Å². The first kappa shape index (κ1) is 13.4. The average Bonchev–Trinajstić information content (AvgIpc) is 2.39. The van der Waals surface area contributed by atoms with Crippen LogP contribution in [0, 0.1) is 5.92 Å². The largest absolute Gasteiger partial charge is 0.370 e. The van der Waals surface area contributed by atoms with E-state index in [2.05, 4.69) is 57.2 Å². The second-order valence-corrected chi connectivity index (χ2v) is 5.37. The van der Waals surface area contributed by atoms with Gasteiger partial charge in [0.2, 0.25) is 0 Å². The van der Waals surface area contributed by atoms with E-state index in [1.807, 2.05) is 0 Å². The molecular formula is C17H24O. The summed E-state index contributed by atoms with van der Waals surface area (Å²) in [5.41, 5.74) is 2.81. The van der Waals surface area contributed by atoms with Crippen molar-refractivity contribution in [1.29, 1.82) is 0 Å². The van der Waals surface area contributed by atoms with Crippen molar-refractivity contribution < 1.29 is 4.74 Å². The zero-order chi connectivity index (χ0) is 13.0. The van der Waals surface area contributed by atoms with Gasteiger partial charge in [0.1, 0.15) is 0 Å². The van der Waals surface area contributed by atoms with E-state index in [4.69, 9.17) is 4.74 Å². The number of benzene rings is 1. The third-order valence-corrected chi connectivity index (χ3v) is 3.90. The monoisotopic (exact) mass is 244 g/mol. The molecule has 1 nitrogen and oxygen atoms in total. The van der Waals surface area contributed by atoms with Gasteiger partial charge in [0.05, 0.1) is 12.2 Å². The minimum Gasteiger partial charge on any atom is -0.370 e. The highest BCUT2D eigenvalue weighted by molar-refractivity contribution is 5.17. The Morgan fingerprint density at radius 2 is 1.89 bits per heavy atom. The molecule has 3 atom stereocenters. The van der Waals surface area contributed by atoms with Gasteiger partial charge in [0, 0.05) is 5.92 Å². The summed E-state index contributed by atoms with van der Waals surface area (Å²) in [5, 5.41) is 0. The van der Waals surface area contributed by atoms with E-state index in [-0.39, 0.29) is 0 Å². The molecule has 0 fully saturated rings. The van der Waals surface area contributed by atoms with Gasteiger partial charge in [0.15, 0.2) is 0 Å². The second kappa shape index (κ2) is 6.19. The molecule has 0 bridgehead atoms. The quantitative estimate of drug-likeness (QED) is 0.714. The summed E-state index contributed by atoms with van der Waals surface area (Å²) >= 11 is 0. The van der Waals surface area contributed by atoms with Gasteiger partial charge in [-0.15, -0.1) is 0 Å². The van der Waals surface area contributed by atoms with Crippen molar-refractivity contribution in [3.8, 4) is 0 Å². The van der Waals surface area contributed by atoms with Gasteiger partial charge in [0.25, 0.3) is 0 Å². The van der Waals surface area contributed by atoms with Crippen molar-refractivity contribution in [2.75, 3.05) is 0 Å². The molecule has 1 aliphatic rings. The van der Waals surface area contributed by atoms with Crippen LogP contribution in [-0.4, -0.2) is 12.2 Å². The summed E-state index contributed by atoms with van der Waals surface area (Å²) in [5.74, 6) is 0.558. The Balaban J connectivity index is 1.95. The molecule has 1 aromatic carbocycles. The second-order valence-electron chi connectivity index (χ2n) is 5.37. The SMILES string of the molecule is CC[C@H]1O[C@H](CCc2ccccc2)C(C)=C[C@@H]1C. The third-order valence-electron chi connectivity index (χ3n) is 3.90. The fraction of sp³-hybridized carbons (Fsp3) is 0.529. The smallest absolute Gasteiger partial charge is 0.0789 e. The molecule has 0 saturated carbocycles. The maximum Gasteiger partial charge on any atom is 0.0789 e. The molecular weight excluding hydrogens is 220 g/mol. The van der Waals surface area contributed by atoms with Crippen LogP contribution in [0.4, 0.5) is 0 Å². The van der Waals surface area contributed by atoms with Crippen LogP contribution in [0.2, 0.25) is 0 Å². The molecule has 0 amide bonds. The first-order valence-electron chi connectivity index (χ1n) is 7.08. The Labute approximate surface area is 111 Å². The number of hydrogen-bond acceptors (Lipinski definition) is 1. The van der Waals surface area contributed by atoms with Crippen molar-refractivity contribution >= 4 is 0 Å². The Hall–Kier alpha value is -1.08. The van der Waals surface area contributed by atoms with Gasteiger partial charge in [-0.05, 0) is 37.3 Å². The lowest BCUT2D eigenvalue weighted by Crippen LogP contribution is -2.32. The standard InChI is InChI=1S/C17H24O/c1-4-16-13(2)12-14(3)17(18-16)11-10-15-8-6-5-7-9-15/h5-9,12-13,16-17H,4,10-11H2,1-3H3/t13-,16+,17+/m0/s1. The molecule has 0 radical (unpaired) electrons. The zero-order valence-electron chi connectivity index (χ0n) is 11.7. The topological polar surface area (TPSA) is 9.23 Å². The van der Waals surface area contributed by atoms with Crippen LogP contribution in [0.1, 0.15) is 39.2 Å². The highest BCUT2D eigenvalue weighted by atomic mass is 16.5. The molecule has 98 valence electrons. The van der Waals surface area contributed by atoms with Gasteiger partial charge >= 0.3 is 0 Å². The normalized spacial score (nSPS) is 27.9. The van der Waals surface area contributed by atoms with Gasteiger partial charge < -0.3 is 4.74 Å². The van der Waals surface area contributed by atoms with Crippen molar-refractivity contribution in [3.63, 3.8) is 0 Å². The molecule has 1 aromatic rings. The van der Waals surface area contributed by atoms with Crippen LogP contribution in [0.5, 0.6) is 0 Å². The van der Waals surface area contributed by atoms with Crippen molar-refractivity contribution in [1.82, 2.24) is 0 Å². The lowest BCUT2D eigenvalue weighted by atomic mass is 9.91. The molecule has 0 N–H and O–H groups in total. The minimum atomic E-state index is 0.311. The predicted molar refractivity (Wildman–Crippen MR) is 76.6 cm³/mol. The van der Waals surface area contributed by atoms with E-state index in [0.29, 0.717) is 18.1 Å². The maximum atomic E-state index is 6.21. The third kappa shape index (κ3) is 3.23. The Morgan fingerprint density at radius 1 is 1.17 bits per heavy atom. The average molecular weight is 244 g/mol. The maximum absolute atomic E-state index is 6.21. The van der Waals surface area contributed by atoms with Crippen molar-refractivity contribution in [2.45, 2.75) is 52.2 Å². The van der Waals surface area contributed by atoms with Gasteiger partial charge in [-0.25, -0.2) is 0 Å². The summed E-state index contributed by atoms with van der Waals surface area (Å²) in [6.45, 7) is 6.67. The highest BCUT2D eigenvalue weighted by Gasteiger charge is 2.25. The number of aryl methyl sites for hydroxylation is 1. The van der Waals surface area contributed by atoms with Crippen molar-refractivity contribution in [2.24, 2.45) is 5.92 Å². The molecule has 0 unspecified atom stereocenters. The molecule has 18 heavy (non-hydrogen) atoms. The molecule has 0 saturated heterocycles. The first-order valence-corrected chi connectivity index (χ1v) is 7.08. The van der Waals surface area contributed by atoms with Crippen LogP contribution in [0.25, 0.3) is 0 Å². The summed E-state index contributed by atoms with van der Waals surface area (Å²) in [6.07, 6.45) is 6.40. The van der Waals surface area contributed by atoms with E-state index in [0.717, 1.165) is 19.3 Å². The van der Waals surface area contributed by atoms with Gasteiger partial charge in [-0.2, -0.15) is 0 Å². The summed E-state index contributed by atoms with van der Waals surface area (Å²) in [6, 6.07) is 10.7. The molecule has 1 aliphatic heterocycles. The van der Waals surface area contributed by atoms with Crippen LogP contribution in [-0.2, 0) is 11.2 Å². The summed E-state index contributed by atoms with van der Waals surface area (Å²) in [4.78, 5) is 0. The molecule has 0 aliphatic carbocycles. The molecule has 2 rings (SSSR count). The number of ether oxygens (including phenoxy) is 1. The van der Waals surface area contributed by atoms with Crippen LogP contribution >= 0.6 is 0 Å². The molecule has 0 spiro atoms. The first-order chi connectivity index (χ1) is 8.70. The van der Waals surface area contributed by atoms with E-state index < -0.39 is 0 Å². The lowest BCUT2D eigenvalue weighted by molar-refractivity contribution is -0.0291. The fourth-order valence-corrected chi connectivity index (χ4v) is 2.78. The molecule has 1 heteroatoms. The van der Waals surface area contributed by atoms with E-state index in [9.17, 15) is 0 Å².